The van der Waals surface area contributed by atoms with E-state index in [1.807, 2.05) is 0 Å². The molecule has 188 valence electrons. The van der Waals surface area contributed by atoms with Gasteiger partial charge in [-0.2, -0.15) is 0 Å². The van der Waals surface area contributed by atoms with Crippen molar-refractivity contribution in [3.63, 3.8) is 0 Å². The highest BCUT2D eigenvalue weighted by atomic mass is 35.5. The molecule has 3 unspecified atom stereocenters. The van der Waals surface area contributed by atoms with Gasteiger partial charge >= 0.3 is 0 Å². The Morgan fingerprint density at radius 2 is 1.91 bits per heavy atom. The number of allylic oxidation sites excluding steroid dienone is 3. The van der Waals surface area contributed by atoms with Gasteiger partial charge in [0, 0.05) is 29.7 Å². The van der Waals surface area contributed by atoms with E-state index >= 15 is 0 Å². The molecule has 0 N–H and O–H groups in total. The van der Waals surface area contributed by atoms with E-state index < -0.39 is 0 Å². The molecule has 35 heavy (non-hydrogen) atoms. The first kappa shape index (κ1) is 26.1. The van der Waals surface area contributed by atoms with Crippen LogP contribution < -0.4 is 4.90 Å². The van der Waals surface area contributed by atoms with Gasteiger partial charge in [-0.1, -0.05) is 82.1 Å². The second-order valence-corrected chi connectivity index (χ2v) is 11.2. The zero-order chi connectivity index (χ0) is 24.8. The lowest BCUT2D eigenvalue weighted by atomic mass is 9.73. The first-order valence-corrected chi connectivity index (χ1v) is 14.4. The molecule has 1 fully saturated rings. The quantitative estimate of drug-likeness (QED) is 0.300. The summed E-state index contributed by atoms with van der Waals surface area (Å²) in [6.45, 7) is 13.3. The van der Waals surface area contributed by atoms with Gasteiger partial charge in [-0.05, 0) is 103 Å². The fourth-order valence-corrected chi connectivity index (χ4v) is 6.15. The lowest BCUT2D eigenvalue weighted by Crippen LogP contribution is -2.39. The Balaban J connectivity index is 1.65. The minimum atomic E-state index is 0.535. The SMILES string of the molecule is C=C(CC)c1ccc2c(c1)N(CC1CCC1/C=C/CCC)CC(c1ccc(Cl)cc1CCC)CC2. The van der Waals surface area contributed by atoms with E-state index in [1.54, 1.807) is 0 Å². The standard InChI is InChI=1S/C33H44ClN/c1-5-8-9-11-25-12-16-29(25)22-35-23-30(32-19-18-31(34)20-28(32)10-6-2)17-14-26-13-15-27(21-33(26)35)24(4)7-3/h9,11,13,15,18-21,25,29-30H,4-8,10,12,14,16-17,22-23H2,1-3H3/b11-9+. The van der Waals surface area contributed by atoms with Gasteiger partial charge in [-0.25, -0.2) is 0 Å². The fraction of sp³-hybridized carbons (Fsp3) is 0.515. The van der Waals surface area contributed by atoms with Crippen LogP contribution in [0.4, 0.5) is 5.69 Å². The third kappa shape index (κ3) is 6.23. The second-order valence-electron chi connectivity index (χ2n) is 10.8. The highest BCUT2D eigenvalue weighted by molar-refractivity contribution is 6.30. The largest absolute Gasteiger partial charge is 0.370 e. The van der Waals surface area contributed by atoms with Crippen molar-refractivity contribution in [3.8, 4) is 0 Å². The predicted molar refractivity (Wildman–Crippen MR) is 155 cm³/mol. The van der Waals surface area contributed by atoms with E-state index in [1.165, 1.54) is 65.6 Å². The molecule has 0 spiro atoms. The van der Waals surface area contributed by atoms with Crippen LogP contribution in [0.1, 0.15) is 93.9 Å². The van der Waals surface area contributed by atoms with Crippen LogP contribution in [0.25, 0.3) is 5.57 Å². The van der Waals surface area contributed by atoms with Crippen LogP contribution in [0.3, 0.4) is 0 Å². The highest BCUT2D eigenvalue weighted by Crippen LogP contribution is 2.41. The minimum absolute atomic E-state index is 0.535. The molecule has 4 rings (SSSR count). The van der Waals surface area contributed by atoms with Gasteiger partial charge in [-0.3, -0.25) is 0 Å². The Morgan fingerprint density at radius 3 is 2.63 bits per heavy atom. The summed E-state index contributed by atoms with van der Waals surface area (Å²) in [6, 6.07) is 13.8. The van der Waals surface area contributed by atoms with Crippen LogP contribution >= 0.6 is 11.6 Å². The molecule has 1 aliphatic carbocycles. The molecule has 0 amide bonds. The summed E-state index contributed by atoms with van der Waals surface area (Å²) in [5.74, 6) is 2.04. The number of rotatable bonds is 10. The molecular formula is C33H44ClN. The first-order chi connectivity index (χ1) is 17.0. The van der Waals surface area contributed by atoms with Gasteiger partial charge in [-0.15, -0.1) is 0 Å². The smallest absolute Gasteiger partial charge is 0.0408 e. The van der Waals surface area contributed by atoms with Gasteiger partial charge in [0.25, 0.3) is 0 Å². The lowest BCUT2D eigenvalue weighted by molar-refractivity contribution is 0.229. The molecule has 2 aromatic carbocycles. The molecule has 1 saturated carbocycles. The van der Waals surface area contributed by atoms with Gasteiger partial charge < -0.3 is 4.90 Å². The monoisotopic (exact) mass is 489 g/mol. The molecule has 1 heterocycles. The maximum absolute atomic E-state index is 6.42. The van der Waals surface area contributed by atoms with Crippen molar-refractivity contribution >= 4 is 22.9 Å². The summed E-state index contributed by atoms with van der Waals surface area (Å²) in [4.78, 5) is 2.74. The molecular weight excluding hydrogens is 446 g/mol. The number of benzene rings is 2. The number of hydrogen-bond donors (Lipinski definition) is 0. The van der Waals surface area contributed by atoms with Crippen molar-refractivity contribution < 1.29 is 0 Å². The number of fused-ring (bicyclic) bond motifs is 1. The van der Waals surface area contributed by atoms with Crippen LogP contribution in [0.15, 0.2) is 55.1 Å². The Kier molecular flexibility index (Phi) is 9.17. The summed E-state index contributed by atoms with van der Waals surface area (Å²) in [5.41, 5.74) is 8.46. The van der Waals surface area contributed by atoms with Crippen LogP contribution in [0, 0.1) is 11.8 Å². The third-order valence-electron chi connectivity index (χ3n) is 8.30. The summed E-state index contributed by atoms with van der Waals surface area (Å²) in [6.07, 6.45) is 15.7. The lowest BCUT2D eigenvalue weighted by Gasteiger charge is -2.40. The van der Waals surface area contributed by atoms with Crippen molar-refractivity contribution in [2.75, 3.05) is 18.0 Å². The van der Waals surface area contributed by atoms with Crippen molar-refractivity contribution in [1.29, 1.82) is 0 Å². The number of hydrogen-bond acceptors (Lipinski definition) is 1. The van der Waals surface area contributed by atoms with E-state index in [-0.39, 0.29) is 0 Å². The molecule has 0 radical (unpaired) electrons. The molecule has 1 nitrogen and oxygen atoms in total. The Morgan fingerprint density at radius 1 is 1.06 bits per heavy atom. The van der Waals surface area contributed by atoms with E-state index in [9.17, 15) is 0 Å². The molecule has 2 aromatic rings. The van der Waals surface area contributed by atoms with Gasteiger partial charge in [0.2, 0.25) is 0 Å². The average Bonchev–Trinajstić information content (AvgIpc) is 3.03. The topological polar surface area (TPSA) is 3.24 Å². The van der Waals surface area contributed by atoms with E-state index in [2.05, 4.69) is 80.8 Å². The van der Waals surface area contributed by atoms with Gasteiger partial charge in [0.1, 0.15) is 0 Å². The van der Waals surface area contributed by atoms with Crippen molar-refractivity contribution in [3.05, 3.63) is 82.4 Å². The zero-order valence-corrected chi connectivity index (χ0v) is 22.9. The number of anilines is 1. The molecule has 2 aliphatic rings. The van der Waals surface area contributed by atoms with Crippen molar-refractivity contribution in [1.82, 2.24) is 0 Å². The summed E-state index contributed by atoms with van der Waals surface area (Å²) in [7, 11) is 0. The maximum Gasteiger partial charge on any atom is 0.0408 e. The van der Waals surface area contributed by atoms with Crippen LogP contribution in [-0.2, 0) is 12.8 Å². The first-order valence-electron chi connectivity index (χ1n) is 14.0. The fourth-order valence-electron chi connectivity index (χ4n) is 5.96. The van der Waals surface area contributed by atoms with E-state index in [4.69, 9.17) is 11.6 Å². The maximum atomic E-state index is 6.42. The molecule has 2 heteroatoms. The van der Waals surface area contributed by atoms with Gasteiger partial charge in [0.05, 0.1) is 0 Å². The third-order valence-corrected chi connectivity index (χ3v) is 8.53. The number of nitrogens with zero attached hydrogens (tertiary/aromatic N) is 1. The summed E-state index contributed by atoms with van der Waals surface area (Å²) >= 11 is 6.42. The Labute approximate surface area is 219 Å². The number of aryl methyl sites for hydroxylation is 2. The van der Waals surface area contributed by atoms with E-state index in [0.717, 1.165) is 55.6 Å². The summed E-state index contributed by atoms with van der Waals surface area (Å²) in [5, 5.41) is 0.866. The van der Waals surface area contributed by atoms with E-state index in [0.29, 0.717) is 5.92 Å². The molecule has 0 aromatic heterocycles. The molecule has 1 aliphatic heterocycles. The van der Waals surface area contributed by atoms with Crippen LogP contribution in [0.5, 0.6) is 0 Å². The minimum Gasteiger partial charge on any atom is -0.370 e. The predicted octanol–water partition coefficient (Wildman–Crippen LogP) is 9.63. The normalized spacial score (nSPS) is 22.1. The zero-order valence-electron chi connectivity index (χ0n) is 22.2. The second kappa shape index (κ2) is 12.3. The van der Waals surface area contributed by atoms with Crippen molar-refractivity contribution in [2.24, 2.45) is 11.8 Å². The Bertz CT molecular complexity index is 1040. The van der Waals surface area contributed by atoms with Crippen molar-refractivity contribution in [2.45, 2.75) is 84.5 Å². The highest BCUT2D eigenvalue weighted by Gasteiger charge is 2.33. The molecule has 0 bridgehead atoms. The summed E-state index contributed by atoms with van der Waals surface area (Å²) < 4.78 is 0. The molecule has 0 saturated heterocycles. The number of unbranched alkanes of at least 4 members (excludes halogenated alkanes) is 1. The van der Waals surface area contributed by atoms with Crippen LogP contribution in [-0.4, -0.2) is 13.1 Å². The molecule has 3 atom stereocenters. The average molecular weight is 490 g/mol. The van der Waals surface area contributed by atoms with Gasteiger partial charge in [0.15, 0.2) is 0 Å². The number of halogens is 1. The Hall–Kier alpha value is -1.99. The van der Waals surface area contributed by atoms with Crippen LogP contribution in [0.2, 0.25) is 5.02 Å².